The van der Waals surface area contributed by atoms with E-state index in [9.17, 15) is 0 Å². The van der Waals surface area contributed by atoms with Crippen molar-refractivity contribution in [3.05, 3.63) is 0 Å². The van der Waals surface area contributed by atoms with E-state index in [1.54, 1.807) is 0 Å². The monoisotopic (exact) mass is 198 g/mol. The molecule has 1 aliphatic carbocycles. The van der Waals surface area contributed by atoms with Gasteiger partial charge in [-0.25, -0.2) is 0 Å². The van der Waals surface area contributed by atoms with E-state index in [1.807, 2.05) is 0 Å². The van der Waals surface area contributed by atoms with Crippen molar-refractivity contribution < 1.29 is 0 Å². The molecule has 1 fully saturated rings. The van der Waals surface area contributed by atoms with Crippen molar-refractivity contribution in [1.29, 1.82) is 0 Å². The van der Waals surface area contributed by atoms with E-state index in [-0.39, 0.29) is 0 Å². The molecule has 0 amide bonds. The maximum Gasteiger partial charge on any atom is 0.00470 e. The van der Waals surface area contributed by atoms with Crippen LogP contribution in [0.3, 0.4) is 0 Å². The van der Waals surface area contributed by atoms with Crippen LogP contribution in [0, 0.1) is 11.3 Å². The average Bonchev–Trinajstić information content (AvgIpc) is 2.17. The Balaban J connectivity index is 2.55. The first kappa shape index (κ1) is 12.0. The summed E-state index contributed by atoms with van der Waals surface area (Å²) < 4.78 is 0. The fourth-order valence-corrected chi connectivity index (χ4v) is 2.85. The smallest absolute Gasteiger partial charge is 0.00470 e. The summed E-state index contributed by atoms with van der Waals surface area (Å²) in [5, 5.41) is 0. The van der Waals surface area contributed by atoms with Gasteiger partial charge >= 0.3 is 0 Å². The molecule has 14 heavy (non-hydrogen) atoms. The van der Waals surface area contributed by atoms with Crippen LogP contribution in [0.1, 0.15) is 39.5 Å². The van der Waals surface area contributed by atoms with E-state index in [1.165, 1.54) is 32.2 Å². The third-order valence-electron chi connectivity index (χ3n) is 3.76. The minimum Gasteiger partial charge on any atom is -0.330 e. The Morgan fingerprint density at radius 1 is 1.50 bits per heavy atom. The van der Waals surface area contributed by atoms with Gasteiger partial charge in [0, 0.05) is 6.54 Å². The molecule has 0 bridgehead atoms. The lowest BCUT2D eigenvalue weighted by Gasteiger charge is -2.41. The number of hydrogen-bond acceptors (Lipinski definition) is 2. The maximum atomic E-state index is 5.98. The predicted octanol–water partition coefficient (Wildman–Crippen LogP) is 2.09. The van der Waals surface area contributed by atoms with Crippen molar-refractivity contribution in [2.45, 2.75) is 39.5 Å². The molecule has 2 N–H and O–H groups in total. The first-order valence-electron chi connectivity index (χ1n) is 6.00. The van der Waals surface area contributed by atoms with Crippen LogP contribution in [0.2, 0.25) is 0 Å². The van der Waals surface area contributed by atoms with E-state index < -0.39 is 0 Å². The van der Waals surface area contributed by atoms with Crippen molar-refractivity contribution in [1.82, 2.24) is 4.90 Å². The van der Waals surface area contributed by atoms with Crippen LogP contribution in [0.4, 0.5) is 0 Å². The van der Waals surface area contributed by atoms with Crippen LogP contribution in [0.25, 0.3) is 0 Å². The van der Waals surface area contributed by atoms with Gasteiger partial charge in [0.15, 0.2) is 0 Å². The van der Waals surface area contributed by atoms with Gasteiger partial charge in [-0.1, -0.05) is 26.7 Å². The molecule has 2 heteroatoms. The van der Waals surface area contributed by atoms with Crippen molar-refractivity contribution >= 4 is 0 Å². The highest BCUT2D eigenvalue weighted by molar-refractivity contribution is 4.88. The van der Waals surface area contributed by atoms with Crippen molar-refractivity contribution in [2.24, 2.45) is 17.1 Å². The molecule has 0 aliphatic heterocycles. The van der Waals surface area contributed by atoms with Crippen molar-refractivity contribution in [3.8, 4) is 0 Å². The van der Waals surface area contributed by atoms with Crippen LogP contribution in [0.5, 0.6) is 0 Å². The molecule has 1 aliphatic rings. The summed E-state index contributed by atoms with van der Waals surface area (Å²) in [6.07, 6.45) is 5.43. The van der Waals surface area contributed by atoms with E-state index in [0.29, 0.717) is 5.41 Å². The molecule has 0 heterocycles. The summed E-state index contributed by atoms with van der Waals surface area (Å²) >= 11 is 0. The Kier molecular flexibility index (Phi) is 4.39. The van der Waals surface area contributed by atoms with E-state index in [0.717, 1.165) is 19.0 Å². The van der Waals surface area contributed by atoms with Gasteiger partial charge in [-0.15, -0.1) is 0 Å². The summed E-state index contributed by atoms with van der Waals surface area (Å²) in [6, 6.07) is 0. The average molecular weight is 198 g/mol. The molecule has 0 aromatic carbocycles. The van der Waals surface area contributed by atoms with Gasteiger partial charge in [-0.3, -0.25) is 0 Å². The highest BCUT2D eigenvalue weighted by Crippen LogP contribution is 2.38. The van der Waals surface area contributed by atoms with Crippen molar-refractivity contribution in [3.63, 3.8) is 0 Å². The van der Waals surface area contributed by atoms with Gasteiger partial charge in [0.05, 0.1) is 0 Å². The van der Waals surface area contributed by atoms with Gasteiger partial charge in [0.1, 0.15) is 0 Å². The second-order valence-electron chi connectivity index (χ2n) is 5.24. The van der Waals surface area contributed by atoms with Crippen LogP contribution in [0.15, 0.2) is 0 Å². The standard InChI is InChI=1S/C12H26N2/c1-4-14(3)10-12(9-13)7-5-6-11(2)8-12/h11H,4-10,13H2,1-3H3. The molecule has 0 saturated heterocycles. The zero-order chi connectivity index (χ0) is 10.6. The quantitative estimate of drug-likeness (QED) is 0.749. The van der Waals surface area contributed by atoms with Crippen LogP contribution >= 0.6 is 0 Å². The summed E-state index contributed by atoms with van der Waals surface area (Å²) in [4.78, 5) is 2.41. The molecule has 0 aromatic heterocycles. The minimum absolute atomic E-state index is 0.419. The zero-order valence-corrected chi connectivity index (χ0v) is 10.1. The van der Waals surface area contributed by atoms with Gasteiger partial charge < -0.3 is 10.6 Å². The number of nitrogens with two attached hydrogens (primary N) is 1. The Hall–Kier alpha value is -0.0800. The molecule has 0 aromatic rings. The number of hydrogen-bond donors (Lipinski definition) is 1. The predicted molar refractivity (Wildman–Crippen MR) is 62.3 cm³/mol. The molecule has 2 unspecified atom stereocenters. The molecule has 0 spiro atoms. The Morgan fingerprint density at radius 2 is 2.21 bits per heavy atom. The molecule has 84 valence electrons. The van der Waals surface area contributed by atoms with Crippen LogP contribution < -0.4 is 5.73 Å². The fraction of sp³-hybridized carbons (Fsp3) is 1.00. The summed E-state index contributed by atoms with van der Waals surface area (Å²) in [7, 11) is 2.21. The Labute approximate surface area is 88.8 Å². The lowest BCUT2D eigenvalue weighted by atomic mass is 9.70. The lowest BCUT2D eigenvalue weighted by molar-refractivity contribution is 0.104. The summed E-state index contributed by atoms with van der Waals surface area (Å²) in [5.41, 5.74) is 6.40. The van der Waals surface area contributed by atoms with Crippen molar-refractivity contribution in [2.75, 3.05) is 26.7 Å². The summed E-state index contributed by atoms with van der Waals surface area (Å²) in [5.74, 6) is 0.873. The first-order chi connectivity index (χ1) is 6.62. The highest BCUT2D eigenvalue weighted by atomic mass is 15.1. The molecular weight excluding hydrogens is 172 g/mol. The number of rotatable bonds is 4. The Morgan fingerprint density at radius 3 is 2.71 bits per heavy atom. The molecule has 0 radical (unpaired) electrons. The Bertz CT molecular complexity index is 170. The molecule has 2 nitrogen and oxygen atoms in total. The van der Waals surface area contributed by atoms with Gasteiger partial charge in [-0.05, 0) is 44.3 Å². The molecule has 1 rings (SSSR count). The fourth-order valence-electron chi connectivity index (χ4n) is 2.85. The zero-order valence-electron chi connectivity index (χ0n) is 10.1. The van der Waals surface area contributed by atoms with E-state index >= 15 is 0 Å². The minimum atomic E-state index is 0.419. The molecular formula is C12H26N2. The van der Waals surface area contributed by atoms with Gasteiger partial charge in [-0.2, -0.15) is 0 Å². The second-order valence-corrected chi connectivity index (χ2v) is 5.24. The summed E-state index contributed by atoms with van der Waals surface area (Å²) in [6.45, 7) is 7.77. The van der Waals surface area contributed by atoms with Gasteiger partial charge in [0.25, 0.3) is 0 Å². The highest BCUT2D eigenvalue weighted by Gasteiger charge is 2.34. The number of nitrogens with zero attached hydrogens (tertiary/aromatic N) is 1. The second kappa shape index (κ2) is 5.13. The maximum absolute atomic E-state index is 5.98. The largest absolute Gasteiger partial charge is 0.330 e. The first-order valence-corrected chi connectivity index (χ1v) is 6.00. The SMILES string of the molecule is CCN(C)CC1(CN)CCCC(C)C1. The van der Waals surface area contributed by atoms with Crippen LogP contribution in [-0.4, -0.2) is 31.6 Å². The normalized spacial score (nSPS) is 33.6. The van der Waals surface area contributed by atoms with E-state index in [2.05, 4.69) is 25.8 Å². The van der Waals surface area contributed by atoms with E-state index in [4.69, 9.17) is 5.73 Å². The third-order valence-corrected chi connectivity index (χ3v) is 3.76. The lowest BCUT2D eigenvalue weighted by Crippen LogP contribution is -2.44. The van der Waals surface area contributed by atoms with Crippen LogP contribution in [-0.2, 0) is 0 Å². The molecule has 1 saturated carbocycles. The topological polar surface area (TPSA) is 29.3 Å². The third kappa shape index (κ3) is 2.96. The van der Waals surface area contributed by atoms with Gasteiger partial charge in [0.2, 0.25) is 0 Å². The molecule has 2 atom stereocenters.